The molecular formula is C30H38N4O12. The lowest BCUT2D eigenvalue weighted by molar-refractivity contribution is -0.143. The molecule has 2 rings (SSSR count). The number of ether oxygens (including phenoxy) is 1. The fraction of sp³-hybridized carbons (Fsp3) is 0.433. The molecule has 2 atom stereocenters. The minimum atomic E-state index is -1.42. The van der Waals surface area contributed by atoms with Crippen LogP contribution in [-0.2, 0) is 53.1 Å². The molecule has 0 fully saturated rings. The van der Waals surface area contributed by atoms with Crippen molar-refractivity contribution in [3.8, 4) is 5.75 Å². The SMILES string of the molecule is O=CNCc1cc(COc2ccc(CCNC(=O)CC[C@@H](NC(=O)CC[C@H](NC(=O)CCCC(=O)O)C(=O)O)C(=O)O)cc2)co1. The molecule has 0 aliphatic carbocycles. The number of hydrogen-bond donors (Lipinski definition) is 7. The van der Waals surface area contributed by atoms with Crippen LogP contribution in [0.1, 0.15) is 61.8 Å². The highest BCUT2D eigenvalue weighted by Gasteiger charge is 2.24. The zero-order chi connectivity index (χ0) is 33.9. The van der Waals surface area contributed by atoms with Gasteiger partial charge in [0.15, 0.2) is 0 Å². The van der Waals surface area contributed by atoms with E-state index < -0.39 is 54.1 Å². The van der Waals surface area contributed by atoms with Crippen molar-refractivity contribution in [1.29, 1.82) is 0 Å². The lowest BCUT2D eigenvalue weighted by Gasteiger charge is -2.17. The predicted octanol–water partition coefficient (Wildman–Crippen LogP) is 0.717. The molecule has 1 heterocycles. The second kappa shape index (κ2) is 19.8. The zero-order valence-corrected chi connectivity index (χ0v) is 25.0. The van der Waals surface area contributed by atoms with Gasteiger partial charge in [0.25, 0.3) is 0 Å². The summed E-state index contributed by atoms with van der Waals surface area (Å²) in [7, 11) is 0. The van der Waals surface area contributed by atoms with Crippen molar-refractivity contribution < 1.29 is 58.0 Å². The molecule has 0 bridgehead atoms. The molecular weight excluding hydrogens is 608 g/mol. The molecule has 0 aliphatic rings. The Bertz CT molecular complexity index is 1340. The molecule has 16 nitrogen and oxygen atoms in total. The van der Waals surface area contributed by atoms with E-state index in [0.29, 0.717) is 24.3 Å². The highest BCUT2D eigenvalue weighted by molar-refractivity contribution is 5.86. The third-order valence-corrected chi connectivity index (χ3v) is 6.51. The molecule has 46 heavy (non-hydrogen) atoms. The molecule has 4 amide bonds. The molecule has 0 radical (unpaired) electrons. The summed E-state index contributed by atoms with van der Waals surface area (Å²) in [6, 6.07) is 6.20. The lowest BCUT2D eigenvalue weighted by atomic mass is 10.1. The number of carbonyl (C=O) groups is 7. The van der Waals surface area contributed by atoms with Gasteiger partial charge in [0, 0.05) is 37.8 Å². The number of rotatable bonds is 23. The van der Waals surface area contributed by atoms with Gasteiger partial charge in [-0.05, 0) is 49.4 Å². The summed E-state index contributed by atoms with van der Waals surface area (Å²) in [4.78, 5) is 80.4. The van der Waals surface area contributed by atoms with Gasteiger partial charge in [-0.15, -0.1) is 0 Å². The largest absolute Gasteiger partial charge is 0.489 e. The van der Waals surface area contributed by atoms with E-state index in [-0.39, 0.29) is 58.2 Å². The van der Waals surface area contributed by atoms with Crippen molar-refractivity contribution in [2.24, 2.45) is 0 Å². The van der Waals surface area contributed by atoms with Crippen molar-refractivity contribution in [3.05, 3.63) is 53.5 Å². The number of hydrogen-bond acceptors (Lipinski definition) is 9. The quantitative estimate of drug-likeness (QED) is 0.0825. The summed E-state index contributed by atoms with van der Waals surface area (Å²) in [5.74, 6) is -4.51. The van der Waals surface area contributed by atoms with Gasteiger partial charge in [-0.3, -0.25) is 24.0 Å². The molecule has 0 aliphatic heterocycles. The van der Waals surface area contributed by atoms with E-state index >= 15 is 0 Å². The summed E-state index contributed by atoms with van der Waals surface area (Å²) in [6.07, 6.45) is 1.07. The van der Waals surface area contributed by atoms with Crippen LogP contribution in [0.2, 0.25) is 0 Å². The highest BCUT2D eigenvalue weighted by atomic mass is 16.5. The summed E-state index contributed by atoms with van der Waals surface area (Å²) in [5.41, 5.74) is 1.73. The second-order valence-electron chi connectivity index (χ2n) is 10.2. The topological polar surface area (TPSA) is 251 Å². The summed E-state index contributed by atoms with van der Waals surface area (Å²) < 4.78 is 11.0. The Kier molecular flexibility index (Phi) is 15.8. The average molecular weight is 647 g/mol. The standard InChI is InChI=1S/C30H38N4O12/c35-18-31-15-22-14-20(17-46-22)16-45-21-6-4-19(5-7-21)12-13-32-25(36)10-8-23(29(41)42)34-27(38)11-9-24(30(43)44)33-26(37)2-1-3-28(39)40/h4-7,14,17-18,23-24H,1-3,8-13,15-16H2,(H,31,35)(H,32,36)(H,33,37)(H,34,38)(H,39,40)(H,41,42)(H,43,44)/t23-,24+/m1/s1. The normalized spacial score (nSPS) is 11.8. The molecule has 0 saturated heterocycles. The Hall–Kier alpha value is -5.41. The molecule has 250 valence electrons. The monoisotopic (exact) mass is 646 g/mol. The van der Waals surface area contributed by atoms with Crippen LogP contribution in [0.3, 0.4) is 0 Å². The van der Waals surface area contributed by atoms with Crippen LogP contribution in [0, 0.1) is 0 Å². The fourth-order valence-corrected chi connectivity index (χ4v) is 4.09. The number of carboxylic acid groups (broad SMARTS) is 3. The maximum absolute atomic E-state index is 12.3. The van der Waals surface area contributed by atoms with Crippen molar-refractivity contribution in [3.63, 3.8) is 0 Å². The predicted molar refractivity (Wildman–Crippen MR) is 158 cm³/mol. The third kappa shape index (κ3) is 14.9. The summed E-state index contributed by atoms with van der Waals surface area (Å²) >= 11 is 0. The molecule has 16 heteroatoms. The third-order valence-electron chi connectivity index (χ3n) is 6.51. The van der Waals surface area contributed by atoms with E-state index in [9.17, 15) is 43.8 Å². The van der Waals surface area contributed by atoms with E-state index in [1.807, 2.05) is 12.1 Å². The number of amides is 4. The first kappa shape index (κ1) is 36.8. The molecule has 0 spiro atoms. The number of benzene rings is 1. The van der Waals surface area contributed by atoms with Crippen LogP contribution in [0.15, 0.2) is 41.0 Å². The van der Waals surface area contributed by atoms with Crippen LogP contribution in [-0.4, -0.2) is 76.0 Å². The maximum atomic E-state index is 12.3. The van der Waals surface area contributed by atoms with Crippen LogP contribution < -0.4 is 26.0 Å². The summed E-state index contributed by atoms with van der Waals surface area (Å²) in [6.45, 7) is 0.845. The van der Waals surface area contributed by atoms with Gasteiger partial charge < -0.3 is 45.7 Å². The van der Waals surface area contributed by atoms with E-state index in [2.05, 4.69) is 21.3 Å². The van der Waals surface area contributed by atoms with Gasteiger partial charge in [0.1, 0.15) is 30.2 Å². The minimum Gasteiger partial charge on any atom is -0.489 e. The molecule has 2 aromatic rings. The van der Waals surface area contributed by atoms with Crippen molar-refractivity contribution in [2.45, 2.75) is 76.6 Å². The Morgan fingerprint density at radius 1 is 0.804 bits per heavy atom. The van der Waals surface area contributed by atoms with Crippen LogP contribution in [0.25, 0.3) is 0 Å². The van der Waals surface area contributed by atoms with Gasteiger partial charge in [-0.2, -0.15) is 0 Å². The van der Waals surface area contributed by atoms with Crippen LogP contribution in [0.4, 0.5) is 0 Å². The summed E-state index contributed by atoms with van der Waals surface area (Å²) in [5, 5.41) is 37.1. The number of nitrogens with one attached hydrogen (secondary N) is 4. The molecule has 1 aromatic heterocycles. The smallest absolute Gasteiger partial charge is 0.326 e. The molecule has 0 unspecified atom stereocenters. The minimum absolute atomic E-state index is 0.0181. The van der Waals surface area contributed by atoms with Crippen LogP contribution in [0.5, 0.6) is 5.75 Å². The van der Waals surface area contributed by atoms with Crippen LogP contribution >= 0.6 is 0 Å². The van der Waals surface area contributed by atoms with Crippen molar-refractivity contribution >= 4 is 42.0 Å². The molecule has 7 N–H and O–H groups in total. The van der Waals surface area contributed by atoms with E-state index in [0.717, 1.165) is 11.1 Å². The first-order valence-electron chi connectivity index (χ1n) is 14.4. The van der Waals surface area contributed by atoms with Crippen molar-refractivity contribution in [2.75, 3.05) is 6.54 Å². The van der Waals surface area contributed by atoms with Crippen molar-refractivity contribution in [1.82, 2.24) is 21.3 Å². The van der Waals surface area contributed by atoms with E-state index in [1.54, 1.807) is 24.5 Å². The second-order valence-corrected chi connectivity index (χ2v) is 10.2. The Labute approximate surface area is 263 Å². The van der Waals surface area contributed by atoms with Gasteiger partial charge in [0.2, 0.25) is 24.1 Å². The van der Waals surface area contributed by atoms with Gasteiger partial charge in [-0.1, -0.05) is 12.1 Å². The average Bonchev–Trinajstić information content (AvgIpc) is 3.47. The van der Waals surface area contributed by atoms with E-state index in [4.69, 9.17) is 14.3 Å². The number of carbonyl (C=O) groups excluding carboxylic acids is 4. The van der Waals surface area contributed by atoms with Gasteiger partial charge in [0.05, 0.1) is 12.8 Å². The highest BCUT2D eigenvalue weighted by Crippen LogP contribution is 2.16. The number of aliphatic carboxylic acids is 3. The fourth-order valence-electron chi connectivity index (χ4n) is 4.09. The van der Waals surface area contributed by atoms with Gasteiger partial charge in [-0.25, -0.2) is 9.59 Å². The maximum Gasteiger partial charge on any atom is 0.326 e. The molecule has 1 aromatic carbocycles. The molecule has 0 saturated carbocycles. The first-order chi connectivity index (χ1) is 22.0. The first-order valence-corrected chi connectivity index (χ1v) is 14.4. The Morgan fingerprint density at radius 2 is 1.41 bits per heavy atom. The number of carboxylic acids is 3. The lowest BCUT2D eigenvalue weighted by Crippen LogP contribution is -2.44. The Morgan fingerprint density at radius 3 is 2.00 bits per heavy atom. The zero-order valence-electron chi connectivity index (χ0n) is 25.0. The van der Waals surface area contributed by atoms with Gasteiger partial charge >= 0.3 is 17.9 Å². The number of furan rings is 1. The Balaban J connectivity index is 1.69. The van der Waals surface area contributed by atoms with E-state index in [1.165, 1.54) is 0 Å².